The lowest BCUT2D eigenvalue weighted by Crippen LogP contribution is -2.67. The molecule has 0 bridgehead atoms. The second kappa shape index (κ2) is 7.23. The van der Waals surface area contributed by atoms with Crippen LogP contribution < -0.4 is 0 Å². The summed E-state index contributed by atoms with van der Waals surface area (Å²) in [5.74, 6) is 0.227. The summed E-state index contributed by atoms with van der Waals surface area (Å²) in [5, 5.41) is 21.9. The Morgan fingerprint density at radius 3 is 2.48 bits per heavy atom. The van der Waals surface area contributed by atoms with Crippen molar-refractivity contribution in [2.24, 2.45) is 34.5 Å². The zero-order chi connectivity index (χ0) is 21.0. The lowest BCUT2D eigenvalue weighted by Gasteiger charge is -2.63. The molecule has 164 valence electrons. The number of aliphatic hydroxyl groups excluding tert-OH is 1. The molecule has 0 radical (unpaired) electrons. The molecule has 6 nitrogen and oxygen atoms in total. The first-order valence-electron chi connectivity index (χ1n) is 11.4. The lowest BCUT2D eigenvalue weighted by molar-refractivity contribution is -0.237. The second-order valence-corrected chi connectivity index (χ2v) is 10.2. The molecule has 0 unspecified atom stereocenters. The number of methoxy groups -OCH3 is 1. The molecule has 0 heterocycles. The van der Waals surface area contributed by atoms with E-state index in [9.17, 15) is 19.8 Å². The van der Waals surface area contributed by atoms with Crippen LogP contribution in [0.1, 0.15) is 71.6 Å². The SMILES string of the molecule is CCOC(=O)[C@@H]1CC[C@@H]2[C@@H]3CC[C@]4(O)C[C@H](O)CC[C@]4(C(=O)OC)[C@H]3CC[C@]21C. The molecule has 0 aromatic carbocycles. The first-order chi connectivity index (χ1) is 13.7. The van der Waals surface area contributed by atoms with Crippen molar-refractivity contribution in [2.75, 3.05) is 13.7 Å². The van der Waals surface area contributed by atoms with Crippen LogP contribution in [0.15, 0.2) is 0 Å². The zero-order valence-corrected chi connectivity index (χ0v) is 18.0. The van der Waals surface area contributed by atoms with Crippen molar-refractivity contribution in [3.8, 4) is 0 Å². The maximum Gasteiger partial charge on any atom is 0.315 e. The second-order valence-electron chi connectivity index (χ2n) is 10.2. The molecular weight excluding hydrogens is 372 g/mol. The first kappa shape index (κ1) is 21.1. The zero-order valence-electron chi connectivity index (χ0n) is 18.0. The minimum Gasteiger partial charge on any atom is -0.468 e. The fourth-order valence-corrected chi connectivity index (χ4v) is 8.12. The lowest BCUT2D eigenvalue weighted by atomic mass is 9.42. The Bertz CT molecular complexity index is 678. The van der Waals surface area contributed by atoms with Crippen LogP contribution in [0, 0.1) is 34.5 Å². The quantitative estimate of drug-likeness (QED) is 0.698. The molecule has 4 aliphatic rings. The summed E-state index contributed by atoms with van der Waals surface area (Å²) in [4.78, 5) is 25.8. The van der Waals surface area contributed by atoms with Crippen LogP contribution in [0.2, 0.25) is 0 Å². The van der Waals surface area contributed by atoms with E-state index in [1.165, 1.54) is 7.11 Å². The van der Waals surface area contributed by atoms with E-state index in [1.54, 1.807) is 0 Å². The molecule has 0 amide bonds. The van der Waals surface area contributed by atoms with Crippen LogP contribution in [-0.2, 0) is 19.1 Å². The van der Waals surface area contributed by atoms with E-state index in [0.717, 1.165) is 32.1 Å². The van der Waals surface area contributed by atoms with Crippen LogP contribution in [0.25, 0.3) is 0 Å². The van der Waals surface area contributed by atoms with Crippen LogP contribution in [0.5, 0.6) is 0 Å². The molecule has 6 heteroatoms. The Morgan fingerprint density at radius 1 is 1.03 bits per heavy atom. The molecular formula is C23H36O6. The minimum atomic E-state index is -1.20. The van der Waals surface area contributed by atoms with Gasteiger partial charge in [0, 0.05) is 6.42 Å². The topological polar surface area (TPSA) is 93.1 Å². The van der Waals surface area contributed by atoms with Crippen molar-refractivity contribution in [3.05, 3.63) is 0 Å². The van der Waals surface area contributed by atoms with Crippen LogP contribution in [0.3, 0.4) is 0 Å². The van der Waals surface area contributed by atoms with Crippen molar-refractivity contribution >= 4 is 11.9 Å². The van der Waals surface area contributed by atoms with Crippen molar-refractivity contribution in [1.29, 1.82) is 0 Å². The Hall–Kier alpha value is -1.14. The number of ether oxygens (including phenoxy) is 2. The van der Waals surface area contributed by atoms with Gasteiger partial charge in [0.1, 0.15) is 0 Å². The third-order valence-electron chi connectivity index (χ3n) is 9.36. The van der Waals surface area contributed by atoms with Crippen molar-refractivity contribution in [2.45, 2.75) is 83.3 Å². The van der Waals surface area contributed by atoms with Crippen LogP contribution >= 0.6 is 0 Å². The van der Waals surface area contributed by atoms with Gasteiger partial charge in [0.25, 0.3) is 0 Å². The molecule has 0 aromatic heterocycles. The maximum atomic E-state index is 13.2. The highest BCUT2D eigenvalue weighted by molar-refractivity contribution is 5.79. The van der Waals surface area contributed by atoms with E-state index >= 15 is 0 Å². The Balaban J connectivity index is 1.69. The van der Waals surface area contributed by atoms with Gasteiger partial charge >= 0.3 is 11.9 Å². The summed E-state index contributed by atoms with van der Waals surface area (Å²) in [6, 6.07) is 0. The van der Waals surface area contributed by atoms with Gasteiger partial charge in [-0.1, -0.05) is 6.92 Å². The number of fused-ring (bicyclic) bond motifs is 5. The van der Waals surface area contributed by atoms with Crippen molar-refractivity contribution < 1.29 is 29.3 Å². The van der Waals surface area contributed by atoms with Gasteiger partial charge in [0.15, 0.2) is 0 Å². The maximum absolute atomic E-state index is 13.2. The predicted molar refractivity (Wildman–Crippen MR) is 106 cm³/mol. The predicted octanol–water partition coefficient (Wildman–Crippen LogP) is 2.84. The Labute approximate surface area is 173 Å². The number of rotatable bonds is 3. The summed E-state index contributed by atoms with van der Waals surface area (Å²) in [5.41, 5.74) is -2.24. The van der Waals surface area contributed by atoms with E-state index in [1.807, 2.05) is 6.92 Å². The third-order valence-corrected chi connectivity index (χ3v) is 9.36. The Kier molecular flexibility index (Phi) is 5.26. The highest BCUT2D eigenvalue weighted by Crippen LogP contribution is 2.68. The molecule has 4 fully saturated rings. The summed E-state index contributed by atoms with van der Waals surface area (Å²) in [6.45, 7) is 4.49. The van der Waals surface area contributed by atoms with Crippen molar-refractivity contribution in [3.63, 3.8) is 0 Å². The molecule has 0 aromatic rings. The monoisotopic (exact) mass is 408 g/mol. The molecule has 0 aliphatic heterocycles. The average molecular weight is 409 g/mol. The third kappa shape index (κ3) is 2.81. The summed E-state index contributed by atoms with van der Waals surface area (Å²) >= 11 is 0. The molecule has 0 spiro atoms. The number of carbonyl (C=O) groups is 2. The molecule has 4 aliphatic carbocycles. The van der Waals surface area contributed by atoms with Crippen molar-refractivity contribution in [1.82, 2.24) is 0 Å². The minimum absolute atomic E-state index is 0.0419. The molecule has 4 rings (SSSR count). The number of esters is 2. The molecule has 4 saturated carbocycles. The molecule has 0 saturated heterocycles. The van der Waals surface area contributed by atoms with Gasteiger partial charge in [-0.2, -0.15) is 0 Å². The van der Waals surface area contributed by atoms with E-state index < -0.39 is 17.1 Å². The highest BCUT2D eigenvalue weighted by atomic mass is 16.5. The fourth-order valence-electron chi connectivity index (χ4n) is 8.12. The largest absolute Gasteiger partial charge is 0.468 e. The molecule has 29 heavy (non-hydrogen) atoms. The van der Waals surface area contributed by atoms with Gasteiger partial charge in [-0.05, 0) is 81.5 Å². The normalized spacial score (nSPS) is 48.8. The molecule has 8 atom stereocenters. The van der Waals surface area contributed by atoms with Gasteiger partial charge in [-0.15, -0.1) is 0 Å². The van der Waals surface area contributed by atoms with Gasteiger partial charge in [-0.25, -0.2) is 0 Å². The summed E-state index contributed by atoms with van der Waals surface area (Å²) in [6.07, 6.45) is 5.51. The summed E-state index contributed by atoms with van der Waals surface area (Å²) in [7, 11) is 1.41. The van der Waals surface area contributed by atoms with Gasteiger partial charge in [-0.3, -0.25) is 9.59 Å². The standard InChI is InChI=1S/C23H36O6/c1-4-29-19(25)18-6-5-16-15-8-11-22(27)13-14(24)7-12-23(22,20(26)28-3)17(15)9-10-21(16,18)2/h14-18,24,27H,4-13H2,1-3H3/t14-,15+,16-,17+,18+,21-,22+,23-/m1/s1. The van der Waals surface area contributed by atoms with Gasteiger partial charge in [0.2, 0.25) is 0 Å². The van der Waals surface area contributed by atoms with Crippen LogP contribution in [-0.4, -0.2) is 47.6 Å². The Morgan fingerprint density at radius 2 is 1.79 bits per heavy atom. The van der Waals surface area contributed by atoms with E-state index in [4.69, 9.17) is 9.47 Å². The first-order valence-corrected chi connectivity index (χ1v) is 11.4. The number of hydrogen-bond donors (Lipinski definition) is 2. The number of aliphatic hydroxyl groups is 2. The van der Waals surface area contributed by atoms with Gasteiger partial charge in [0.05, 0.1) is 36.8 Å². The van der Waals surface area contributed by atoms with E-state index in [2.05, 4.69) is 6.92 Å². The fraction of sp³-hybridized carbons (Fsp3) is 0.913. The summed E-state index contributed by atoms with van der Waals surface area (Å²) < 4.78 is 10.7. The smallest absolute Gasteiger partial charge is 0.315 e. The number of carbonyl (C=O) groups excluding carboxylic acids is 2. The van der Waals surface area contributed by atoms with Crippen LogP contribution in [0.4, 0.5) is 0 Å². The highest BCUT2D eigenvalue weighted by Gasteiger charge is 2.70. The molecule has 2 N–H and O–H groups in total. The van der Waals surface area contributed by atoms with E-state index in [-0.39, 0.29) is 35.6 Å². The average Bonchev–Trinajstić information content (AvgIpc) is 3.04. The van der Waals surface area contributed by atoms with E-state index in [0.29, 0.717) is 37.7 Å². The number of hydrogen-bond acceptors (Lipinski definition) is 6. The van der Waals surface area contributed by atoms with Gasteiger partial charge < -0.3 is 19.7 Å².